The molecule has 1 amide bonds. The molecule has 148 valence electrons. The number of hydrogen-bond donors (Lipinski definition) is 1. The number of nitrogens with zero attached hydrogens (tertiary/aromatic N) is 1. The van der Waals surface area contributed by atoms with Gasteiger partial charge in [-0.15, -0.1) is 0 Å². The van der Waals surface area contributed by atoms with Crippen molar-refractivity contribution in [3.63, 3.8) is 0 Å². The molecule has 0 spiro atoms. The number of anilines is 2. The fourth-order valence-corrected chi connectivity index (χ4v) is 4.28. The first-order valence-corrected chi connectivity index (χ1v) is 10.3. The van der Waals surface area contributed by atoms with Crippen molar-refractivity contribution in [2.45, 2.75) is 39.3 Å². The van der Waals surface area contributed by atoms with E-state index in [0.29, 0.717) is 0 Å². The van der Waals surface area contributed by atoms with Crippen molar-refractivity contribution >= 4 is 28.9 Å². The molecule has 1 unspecified atom stereocenters. The Morgan fingerprint density at radius 2 is 1.66 bits per heavy atom. The average Bonchev–Trinajstić information content (AvgIpc) is 2.70. The quantitative estimate of drug-likeness (QED) is 0.532. The zero-order valence-corrected chi connectivity index (χ0v) is 17.7. The molecule has 4 rings (SSSR count). The van der Waals surface area contributed by atoms with Crippen molar-refractivity contribution in [3.05, 3.63) is 82.9 Å². The standard InChI is InChI=1S/C25H25ClN2O/c1-16-4-6-19(7-5-16)20-8-13-25-23(15-20)24(14-17(2)28(25)18(3)29)27-22-11-9-21(26)10-12-22/h4-13,15,17,24,27H,14H2,1-3H3/t17-,24?/m0/s1. The lowest BCUT2D eigenvalue weighted by atomic mass is 9.88. The van der Waals surface area contributed by atoms with E-state index >= 15 is 0 Å². The number of nitrogens with one attached hydrogen (secondary N) is 1. The van der Waals surface area contributed by atoms with Crippen LogP contribution in [0.4, 0.5) is 11.4 Å². The minimum atomic E-state index is 0.0757. The highest BCUT2D eigenvalue weighted by Gasteiger charge is 2.32. The number of benzene rings is 3. The van der Waals surface area contributed by atoms with Gasteiger partial charge >= 0.3 is 0 Å². The topological polar surface area (TPSA) is 32.3 Å². The molecular weight excluding hydrogens is 380 g/mol. The van der Waals surface area contributed by atoms with Crippen molar-refractivity contribution in [2.75, 3.05) is 10.2 Å². The summed E-state index contributed by atoms with van der Waals surface area (Å²) in [5.41, 5.74) is 6.73. The maximum atomic E-state index is 12.4. The molecule has 0 saturated carbocycles. The minimum absolute atomic E-state index is 0.0757. The van der Waals surface area contributed by atoms with E-state index in [0.717, 1.165) is 33.9 Å². The number of hydrogen-bond acceptors (Lipinski definition) is 2. The molecule has 1 heterocycles. The van der Waals surface area contributed by atoms with Gasteiger partial charge in [0, 0.05) is 29.4 Å². The number of fused-ring (bicyclic) bond motifs is 1. The van der Waals surface area contributed by atoms with E-state index in [-0.39, 0.29) is 18.0 Å². The second kappa shape index (κ2) is 7.92. The lowest BCUT2D eigenvalue weighted by molar-refractivity contribution is -0.117. The third-order valence-electron chi connectivity index (χ3n) is 5.59. The monoisotopic (exact) mass is 404 g/mol. The van der Waals surface area contributed by atoms with Gasteiger partial charge in [-0.3, -0.25) is 4.79 Å². The van der Waals surface area contributed by atoms with Crippen LogP contribution in [-0.4, -0.2) is 11.9 Å². The summed E-state index contributed by atoms with van der Waals surface area (Å²) >= 11 is 6.04. The zero-order valence-electron chi connectivity index (χ0n) is 16.9. The molecular formula is C25H25ClN2O. The predicted molar refractivity (Wildman–Crippen MR) is 122 cm³/mol. The summed E-state index contributed by atoms with van der Waals surface area (Å²) in [4.78, 5) is 14.3. The summed E-state index contributed by atoms with van der Waals surface area (Å²) in [6.45, 7) is 5.84. The van der Waals surface area contributed by atoms with E-state index in [1.165, 1.54) is 11.1 Å². The van der Waals surface area contributed by atoms with Crippen LogP contribution in [-0.2, 0) is 4.79 Å². The van der Waals surface area contributed by atoms with Crippen molar-refractivity contribution in [1.82, 2.24) is 0 Å². The minimum Gasteiger partial charge on any atom is -0.378 e. The largest absolute Gasteiger partial charge is 0.378 e. The van der Waals surface area contributed by atoms with Crippen LogP contribution in [0.3, 0.4) is 0 Å². The molecule has 29 heavy (non-hydrogen) atoms. The molecule has 1 N–H and O–H groups in total. The number of aryl methyl sites for hydroxylation is 1. The third-order valence-corrected chi connectivity index (χ3v) is 5.84. The van der Waals surface area contributed by atoms with Crippen LogP contribution in [0, 0.1) is 6.92 Å². The Morgan fingerprint density at radius 1 is 1.00 bits per heavy atom. The molecule has 3 nitrogen and oxygen atoms in total. The second-order valence-corrected chi connectivity index (χ2v) is 8.25. The molecule has 1 aliphatic rings. The van der Waals surface area contributed by atoms with E-state index in [4.69, 9.17) is 11.6 Å². The van der Waals surface area contributed by atoms with E-state index in [1.807, 2.05) is 29.2 Å². The van der Waals surface area contributed by atoms with E-state index in [9.17, 15) is 4.79 Å². The highest BCUT2D eigenvalue weighted by Crippen LogP contribution is 2.41. The molecule has 0 saturated heterocycles. The van der Waals surface area contributed by atoms with E-state index in [1.54, 1.807) is 6.92 Å². The van der Waals surface area contributed by atoms with Gasteiger partial charge in [0.05, 0.1) is 6.04 Å². The third kappa shape index (κ3) is 4.01. The number of halogens is 1. The molecule has 0 fully saturated rings. The maximum Gasteiger partial charge on any atom is 0.224 e. The van der Waals surface area contributed by atoms with Gasteiger partial charge < -0.3 is 10.2 Å². The van der Waals surface area contributed by atoms with Crippen LogP contribution in [0.25, 0.3) is 11.1 Å². The van der Waals surface area contributed by atoms with Crippen molar-refractivity contribution in [1.29, 1.82) is 0 Å². The lowest BCUT2D eigenvalue weighted by Crippen LogP contribution is -2.43. The number of rotatable bonds is 3. The molecule has 4 heteroatoms. The first-order valence-electron chi connectivity index (χ1n) is 9.95. The molecule has 0 aromatic heterocycles. The Morgan fingerprint density at radius 3 is 2.31 bits per heavy atom. The molecule has 0 bridgehead atoms. The number of carbonyl (C=O) groups is 1. The molecule has 1 aliphatic heterocycles. The van der Waals surface area contributed by atoms with Crippen LogP contribution >= 0.6 is 11.6 Å². The molecule has 0 radical (unpaired) electrons. The van der Waals surface area contributed by atoms with Crippen LogP contribution in [0.1, 0.15) is 37.4 Å². The Balaban J connectivity index is 1.77. The summed E-state index contributed by atoms with van der Waals surface area (Å²) in [5.74, 6) is 0.0757. The van der Waals surface area contributed by atoms with E-state index in [2.05, 4.69) is 61.6 Å². The molecule has 0 aliphatic carbocycles. The Kier molecular flexibility index (Phi) is 5.33. The normalized spacial score (nSPS) is 18.3. The Labute approximate surface area is 177 Å². The van der Waals surface area contributed by atoms with Gasteiger partial charge in [-0.25, -0.2) is 0 Å². The average molecular weight is 405 g/mol. The summed E-state index contributed by atoms with van der Waals surface area (Å²) in [5, 5.41) is 4.37. The molecule has 3 aromatic rings. The van der Waals surface area contributed by atoms with Gasteiger partial charge in [-0.2, -0.15) is 0 Å². The first kappa shape index (κ1) is 19.5. The summed E-state index contributed by atoms with van der Waals surface area (Å²) in [6, 6.07) is 23.0. The van der Waals surface area contributed by atoms with Crippen molar-refractivity contribution < 1.29 is 4.79 Å². The van der Waals surface area contributed by atoms with Gasteiger partial charge in [0.2, 0.25) is 5.91 Å². The van der Waals surface area contributed by atoms with Gasteiger partial charge in [0.25, 0.3) is 0 Å². The van der Waals surface area contributed by atoms with Crippen molar-refractivity contribution in [2.24, 2.45) is 0 Å². The van der Waals surface area contributed by atoms with Crippen LogP contribution in [0.2, 0.25) is 5.02 Å². The van der Waals surface area contributed by atoms with Gasteiger partial charge in [0.1, 0.15) is 0 Å². The fraction of sp³-hybridized carbons (Fsp3) is 0.240. The SMILES string of the molecule is CC(=O)N1c2ccc(-c3ccc(C)cc3)cc2C(Nc2ccc(Cl)cc2)C[C@@H]1C. The summed E-state index contributed by atoms with van der Waals surface area (Å²) < 4.78 is 0. The Bertz CT molecular complexity index is 1030. The van der Waals surface area contributed by atoms with Gasteiger partial charge in [-0.05, 0) is 73.4 Å². The van der Waals surface area contributed by atoms with Gasteiger partial charge in [-0.1, -0.05) is 47.5 Å². The van der Waals surface area contributed by atoms with Crippen molar-refractivity contribution in [3.8, 4) is 11.1 Å². The molecule has 3 aromatic carbocycles. The summed E-state index contributed by atoms with van der Waals surface area (Å²) in [7, 11) is 0. The van der Waals surface area contributed by atoms with Crippen LogP contribution < -0.4 is 10.2 Å². The highest BCUT2D eigenvalue weighted by atomic mass is 35.5. The van der Waals surface area contributed by atoms with Crippen LogP contribution in [0.15, 0.2) is 66.7 Å². The van der Waals surface area contributed by atoms with Gasteiger partial charge in [0.15, 0.2) is 0 Å². The van der Waals surface area contributed by atoms with Crippen LogP contribution in [0.5, 0.6) is 0 Å². The first-order chi connectivity index (χ1) is 13.9. The fourth-order valence-electron chi connectivity index (χ4n) is 4.15. The zero-order chi connectivity index (χ0) is 20.5. The highest BCUT2D eigenvalue weighted by molar-refractivity contribution is 6.30. The predicted octanol–water partition coefficient (Wildman–Crippen LogP) is 6.61. The number of carbonyl (C=O) groups excluding carboxylic acids is 1. The summed E-state index contributed by atoms with van der Waals surface area (Å²) in [6.07, 6.45) is 0.840. The molecule has 2 atom stereocenters. The lowest BCUT2D eigenvalue weighted by Gasteiger charge is -2.39. The number of amides is 1. The smallest absolute Gasteiger partial charge is 0.224 e. The second-order valence-electron chi connectivity index (χ2n) is 7.82. The van der Waals surface area contributed by atoms with E-state index < -0.39 is 0 Å². The Hall–Kier alpha value is -2.78. The maximum absolute atomic E-state index is 12.4.